The fourth-order valence-corrected chi connectivity index (χ4v) is 1.05. The van der Waals surface area contributed by atoms with E-state index in [1.54, 1.807) is 6.07 Å². The maximum absolute atomic E-state index is 11.5. The molecular weight excluding hydrogens is 240 g/mol. The molecule has 2 N–H and O–H groups in total. The molecule has 8 heteroatoms. The summed E-state index contributed by atoms with van der Waals surface area (Å²) in [5.74, 6) is -1.27. The Morgan fingerprint density at radius 1 is 1.28 bits per heavy atom. The number of carbonyl (C=O) groups is 2. The molecule has 0 aliphatic heterocycles. The van der Waals surface area contributed by atoms with Crippen molar-refractivity contribution in [3.63, 3.8) is 0 Å². The molecular formula is C10H8N4O4. The SMILES string of the molecule is N#CCC(=O)NNC(=O)c1ccc([N+](=O)[O-])cc1. The summed E-state index contributed by atoms with van der Waals surface area (Å²) >= 11 is 0. The van der Waals surface area contributed by atoms with E-state index in [-0.39, 0.29) is 17.7 Å². The molecule has 0 spiro atoms. The van der Waals surface area contributed by atoms with Gasteiger partial charge in [0.2, 0.25) is 0 Å². The third-order valence-corrected chi connectivity index (χ3v) is 1.90. The summed E-state index contributed by atoms with van der Waals surface area (Å²) in [5, 5.41) is 18.6. The largest absolute Gasteiger partial charge is 0.272 e. The van der Waals surface area contributed by atoms with Crippen LogP contribution >= 0.6 is 0 Å². The Morgan fingerprint density at radius 2 is 1.89 bits per heavy atom. The average Bonchev–Trinajstić information content (AvgIpc) is 2.36. The highest BCUT2D eigenvalue weighted by Gasteiger charge is 2.09. The van der Waals surface area contributed by atoms with Crippen molar-refractivity contribution in [2.75, 3.05) is 0 Å². The molecule has 0 unspecified atom stereocenters. The van der Waals surface area contributed by atoms with E-state index < -0.39 is 16.7 Å². The molecule has 0 aromatic heterocycles. The van der Waals surface area contributed by atoms with Gasteiger partial charge in [0.15, 0.2) is 0 Å². The quantitative estimate of drug-likeness (QED) is 0.586. The van der Waals surface area contributed by atoms with Crippen molar-refractivity contribution < 1.29 is 14.5 Å². The zero-order valence-electron chi connectivity index (χ0n) is 9.04. The third kappa shape index (κ3) is 3.57. The Labute approximate surface area is 101 Å². The van der Waals surface area contributed by atoms with Gasteiger partial charge in [0.1, 0.15) is 6.42 Å². The highest BCUT2D eigenvalue weighted by molar-refractivity contribution is 5.95. The summed E-state index contributed by atoms with van der Waals surface area (Å²) in [5.41, 5.74) is 4.11. The molecule has 0 bridgehead atoms. The highest BCUT2D eigenvalue weighted by Crippen LogP contribution is 2.11. The van der Waals surface area contributed by atoms with Gasteiger partial charge in [-0.1, -0.05) is 0 Å². The van der Waals surface area contributed by atoms with Gasteiger partial charge >= 0.3 is 0 Å². The number of nitro groups is 1. The minimum atomic E-state index is -0.646. The van der Waals surface area contributed by atoms with Crippen molar-refractivity contribution in [1.82, 2.24) is 10.9 Å². The van der Waals surface area contributed by atoms with E-state index in [1.165, 1.54) is 24.3 Å². The number of rotatable bonds is 3. The molecule has 18 heavy (non-hydrogen) atoms. The predicted octanol–water partition coefficient (Wildman–Crippen LogP) is 0.269. The van der Waals surface area contributed by atoms with Crippen molar-refractivity contribution in [2.24, 2.45) is 0 Å². The molecule has 8 nitrogen and oxygen atoms in total. The predicted molar refractivity (Wildman–Crippen MR) is 58.9 cm³/mol. The van der Waals surface area contributed by atoms with Crippen LogP contribution in [0.2, 0.25) is 0 Å². The van der Waals surface area contributed by atoms with Crippen molar-refractivity contribution in [2.45, 2.75) is 6.42 Å². The van der Waals surface area contributed by atoms with Gasteiger partial charge in [-0.25, -0.2) is 0 Å². The Balaban J connectivity index is 2.60. The number of nitriles is 1. The molecule has 0 saturated carbocycles. The first-order valence-electron chi connectivity index (χ1n) is 4.75. The molecule has 0 saturated heterocycles. The van der Waals surface area contributed by atoms with Gasteiger partial charge in [-0.05, 0) is 12.1 Å². The first kappa shape index (κ1) is 13.1. The second kappa shape index (κ2) is 5.95. The van der Waals surface area contributed by atoms with Gasteiger partial charge in [-0.2, -0.15) is 5.26 Å². The minimum Gasteiger partial charge on any atom is -0.272 e. The number of nitrogens with one attached hydrogen (secondary N) is 2. The van der Waals surface area contributed by atoms with Gasteiger partial charge in [0, 0.05) is 17.7 Å². The first-order valence-corrected chi connectivity index (χ1v) is 4.75. The van der Waals surface area contributed by atoms with Crippen LogP contribution < -0.4 is 10.9 Å². The number of hydrazine groups is 1. The van der Waals surface area contributed by atoms with Gasteiger partial charge in [0.05, 0.1) is 11.0 Å². The fraction of sp³-hybridized carbons (Fsp3) is 0.100. The summed E-state index contributed by atoms with van der Waals surface area (Å²) in [6.45, 7) is 0. The number of carbonyl (C=O) groups excluding carboxylic acids is 2. The van der Waals surface area contributed by atoms with E-state index in [4.69, 9.17) is 5.26 Å². The minimum absolute atomic E-state index is 0.139. The standard InChI is InChI=1S/C10H8N4O4/c11-6-5-9(15)12-13-10(16)7-1-3-8(4-2-7)14(17)18/h1-4H,5H2,(H,12,15)(H,13,16). The molecule has 92 valence electrons. The first-order chi connectivity index (χ1) is 8.54. The Bertz CT molecular complexity index is 518. The monoisotopic (exact) mass is 248 g/mol. The van der Waals surface area contributed by atoms with Crippen molar-refractivity contribution >= 4 is 17.5 Å². The number of hydrogen-bond acceptors (Lipinski definition) is 5. The van der Waals surface area contributed by atoms with Crippen LogP contribution in [0, 0.1) is 21.4 Å². The maximum atomic E-state index is 11.5. The number of hydrogen-bond donors (Lipinski definition) is 2. The van der Waals surface area contributed by atoms with Crippen LogP contribution in [-0.4, -0.2) is 16.7 Å². The molecule has 0 aliphatic carbocycles. The summed E-state index contributed by atoms with van der Waals surface area (Å²) in [4.78, 5) is 32.1. The Hall–Kier alpha value is -2.95. The molecule has 0 radical (unpaired) electrons. The smallest absolute Gasteiger partial charge is 0.269 e. The zero-order valence-corrected chi connectivity index (χ0v) is 9.04. The van der Waals surface area contributed by atoms with Crippen LogP contribution in [0.5, 0.6) is 0 Å². The van der Waals surface area contributed by atoms with Gasteiger partial charge in [-0.3, -0.25) is 30.6 Å². The summed E-state index contributed by atoms with van der Waals surface area (Å²) in [6.07, 6.45) is -0.374. The van der Waals surface area contributed by atoms with Crippen LogP contribution in [0.4, 0.5) is 5.69 Å². The van der Waals surface area contributed by atoms with Crippen molar-refractivity contribution in [3.8, 4) is 6.07 Å². The van der Waals surface area contributed by atoms with E-state index in [2.05, 4.69) is 5.43 Å². The van der Waals surface area contributed by atoms with Gasteiger partial charge < -0.3 is 0 Å². The molecule has 0 heterocycles. The number of nitro benzene ring substituents is 1. The lowest BCUT2D eigenvalue weighted by atomic mass is 10.2. The van der Waals surface area contributed by atoms with E-state index in [9.17, 15) is 19.7 Å². The van der Waals surface area contributed by atoms with Crippen molar-refractivity contribution in [1.29, 1.82) is 5.26 Å². The average molecular weight is 248 g/mol. The Morgan fingerprint density at radius 3 is 2.39 bits per heavy atom. The lowest BCUT2D eigenvalue weighted by Crippen LogP contribution is -2.41. The number of amides is 2. The fourth-order valence-electron chi connectivity index (χ4n) is 1.05. The normalized spacial score (nSPS) is 9.06. The number of benzene rings is 1. The van der Waals surface area contributed by atoms with Gasteiger partial charge in [0.25, 0.3) is 17.5 Å². The van der Waals surface area contributed by atoms with Gasteiger partial charge in [-0.15, -0.1) is 0 Å². The van der Waals surface area contributed by atoms with Crippen LogP contribution in [0.25, 0.3) is 0 Å². The van der Waals surface area contributed by atoms with Crippen LogP contribution in [0.3, 0.4) is 0 Å². The maximum Gasteiger partial charge on any atom is 0.269 e. The number of non-ortho nitro benzene ring substituents is 1. The molecule has 2 amide bonds. The van der Waals surface area contributed by atoms with Crippen molar-refractivity contribution in [3.05, 3.63) is 39.9 Å². The highest BCUT2D eigenvalue weighted by atomic mass is 16.6. The van der Waals surface area contributed by atoms with Crippen LogP contribution in [-0.2, 0) is 4.79 Å². The van der Waals surface area contributed by atoms with E-state index >= 15 is 0 Å². The molecule has 0 aliphatic rings. The third-order valence-electron chi connectivity index (χ3n) is 1.90. The molecule has 0 atom stereocenters. The lowest BCUT2D eigenvalue weighted by molar-refractivity contribution is -0.384. The van der Waals surface area contributed by atoms with E-state index in [0.717, 1.165) is 0 Å². The van der Waals surface area contributed by atoms with Crippen LogP contribution in [0.15, 0.2) is 24.3 Å². The molecule has 1 aromatic rings. The topological polar surface area (TPSA) is 125 Å². The summed E-state index contributed by atoms with van der Waals surface area (Å²) < 4.78 is 0. The molecule has 0 fully saturated rings. The Kier molecular flexibility index (Phi) is 4.34. The zero-order chi connectivity index (χ0) is 13.5. The molecule has 1 aromatic carbocycles. The second-order valence-electron chi connectivity index (χ2n) is 3.14. The van der Waals surface area contributed by atoms with Crippen LogP contribution in [0.1, 0.15) is 16.8 Å². The summed E-state index contributed by atoms with van der Waals surface area (Å²) in [7, 11) is 0. The lowest BCUT2D eigenvalue weighted by Gasteiger charge is -2.05. The second-order valence-corrected chi connectivity index (χ2v) is 3.14. The number of nitrogens with zero attached hydrogens (tertiary/aromatic N) is 2. The summed E-state index contributed by atoms with van der Waals surface area (Å²) in [6, 6.07) is 6.47. The van der Waals surface area contributed by atoms with E-state index in [1.807, 2.05) is 5.43 Å². The van der Waals surface area contributed by atoms with E-state index in [0.29, 0.717) is 0 Å². The molecule has 1 rings (SSSR count).